The summed E-state index contributed by atoms with van der Waals surface area (Å²) >= 11 is 0. The molecule has 5 heteroatoms. The Morgan fingerprint density at radius 2 is 2.00 bits per heavy atom. The monoisotopic (exact) mass is 335 g/mol. The molecule has 2 aliphatic heterocycles. The lowest BCUT2D eigenvalue weighted by Crippen LogP contribution is -2.44. The summed E-state index contributed by atoms with van der Waals surface area (Å²) < 4.78 is 6.07. The zero-order chi connectivity index (χ0) is 17.4. The number of ether oxygens (including phenoxy) is 1. The van der Waals surface area contributed by atoms with Crippen molar-refractivity contribution in [2.45, 2.75) is 39.0 Å². The number of fused-ring (bicyclic) bond motifs is 5. The van der Waals surface area contributed by atoms with Crippen LogP contribution in [0, 0.1) is 12.3 Å². The van der Waals surface area contributed by atoms with E-state index in [9.17, 15) is 4.79 Å². The van der Waals surface area contributed by atoms with E-state index in [1.54, 1.807) is 0 Å². The topological polar surface area (TPSA) is 67.0 Å². The Bertz CT molecular complexity index is 954. The molecule has 1 unspecified atom stereocenters. The molecule has 5 rings (SSSR count). The number of para-hydroxylation sites is 1. The Hall–Kier alpha value is -2.56. The molecular weight excluding hydrogens is 314 g/mol. The second-order valence-corrected chi connectivity index (χ2v) is 8.18. The first-order valence-corrected chi connectivity index (χ1v) is 8.74. The van der Waals surface area contributed by atoms with Gasteiger partial charge < -0.3 is 10.1 Å². The maximum Gasteiger partial charge on any atom is 0.162 e. The van der Waals surface area contributed by atoms with E-state index in [1.165, 1.54) is 0 Å². The van der Waals surface area contributed by atoms with E-state index >= 15 is 0 Å². The van der Waals surface area contributed by atoms with Gasteiger partial charge in [-0.3, -0.25) is 9.89 Å². The highest BCUT2D eigenvalue weighted by Crippen LogP contribution is 2.57. The van der Waals surface area contributed by atoms with Crippen LogP contribution in [0.4, 0.5) is 5.82 Å². The molecule has 3 heterocycles. The summed E-state index contributed by atoms with van der Waals surface area (Å²) in [5.74, 6) is 1.90. The summed E-state index contributed by atoms with van der Waals surface area (Å²) in [6, 6.07) is 8.06. The van der Waals surface area contributed by atoms with Gasteiger partial charge in [-0.1, -0.05) is 32.0 Å². The lowest BCUT2D eigenvalue weighted by atomic mass is 9.61. The second-order valence-electron chi connectivity index (χ2n) is 8.18. The van der Waals surface area contributed by atoms with E-state index in [-0.39, 0.29) is 11.2 Å². The van der Waals surface area contributed by atoms with Crippen LogP contribution in [-0.4, -0.2) is 22.6 Å². The van der Waals surface area contributed by atoms with Gasteiger partial charge in [0.2, 0.25) is 0 Å². The lowest BCUT2D eigenvalue weighted by molar-refractivity contribution is -0.118. The van der Waals surface area contributed by atoms with Gasteiger partial charge in [0.15, 0.2) is 11.6 Å². The fraction of sp³-hybridized carbons (Fsp3) is 0.400. The molecule has 1 spiro atoms. The number of carbonyl (C=O) groups excluding carboxylic acids is 1. The summed E-state index contributed by atoms with van der Waals surface area (Å²) in [6.07, 6.45) is 1.40. The van der Waals surface area contributed by atoms with Crippen molar-refractivity contribution in [2.75, 3.05) is 11.9 Å². The van der Waals surface area contributed by atoms with Crippen LogP contribution in [0.15, 0.2) is 35.5 Å². The number of hydrogen-bond donors (Lipinski definition) is 2. The molecule has 0 amide bonds. The number of hydrogen-bond acceptors (Lipinski definition) is 4. The molecule has 0 bridgehead atoms. The van der Waals surface area contributed by atoms with Crippen LogP contribution in [0.1, 0.15) is 43.5 Å². The molecule has 3 aliphatic rings. The highest BCUT2D eigenvalue weighted by Gasteiger charge is 2.55. The number of Topliss-reactive ketones (excluding diaryl/α,β-unsaturated/α-hetero) is 1. The summed E-state index contributed by atoms with van der Waals surface area (Å²) in [5.41, 5.74) is 4.36. The quantitative estimate of drug-likeness (QED) is 0.774. The lowest BCUT2D eigenvalue weighted by Gasteiger charge is -2.42. The molecule has 2 N–H and O–H groups in total. The third-order valence-corrected chi connectivity index (χ3v) is 5.74. The van der Waals surface area contributed by atoms with Gasteiger partial charge >= 0.3 is 0 Å². The van der Waals surface area contributed by atoms with E-state index in [0.29, 0.717) is 13.0 Å². The summed E-state index contributed by atoms with van der Waals surface area (Å²) in [4.78, 5) is 13.3. The first-order valence-electron chi connectivity index (χ1n) is 8.74. The van der Waals surface area contributed by atoms with Crippen LogP contribution in [0.2, 0.25) is 0 Å². The number of anilines is 1. The molecule has 0 saturated heterocycles. The standard InChI is InChI=1S/C20H21N3O2/c1-11-16-18(23-22-11)21-13-8-19(2,3)9-14(24)17(13)20(16)10-25-15-7-5-4-6-12(15)20/h4-7H,8-10H2,1-3H3,(H2,21,22,23). The van der Waals surface area contributed by atoms with Crippen molar-refractivity contribution in [3.05, 3.63) is 52.4 Å². The van der Waals surface area contributed by atoms with Crippen molar-refractivity contribution in [2.24, 2.45) is 5.41 Å². The summed E-state index contributed by atoms with van der Waals surface area (Å²) in [6.45, 7) is 6.76. The van der Waals surface area contributed by atoms with Crippen molar-refractivity contribution >= 4 is 11.6 Å². The highest BCUT2D eigenvalue weighted by molar-refractivity contribution is 6.03. The van der Waals surface area contributed by atoms with Gasteiger partial charge in [0.05, 0.1) is 5.41 Å². The zero-order valence-electron chi connectivity index (χ0n) is 14.7. The van der Waals surface area contributed by atoms with Crippen molar-refractivity contribution in [1.82, 2.24) is 10.2 Å². The maximum absolute atomic E-state index is 13.3. The average Bonchev–Trinajstić information content (AvgIpc) is 3.09. The van der Waals surface area contributed by atoms with Crippen LogP contribution in [-0.2, 0) is 10.2 Å². The zero-order valence-corrected chi connectivity index (χ0v) is 14.7. The third kappa shape index (κ3) is 1.78. The number of ketones is 1. The summed E-state index contributed by atoms with van der Waals surface area (Å²) in [5, 5.41) is 11.0. The van der Waals surface area contributed by atoms with Gasteiger partial charge in [-0.2, -0.15) is 5.10 Å². The second kappa shape index (κ2) is 4.54. The average molecular weight is 335 g/mol. The maximum atomic E-state index is 13.3. The van der Waals surface area contributed by atoms with Gasteiger partial charge in [-0.15, -0.1) is 0 Å². The van der Waals surface area contributed by atoms with Gasteiger partial charge in [-0.25, -0.2) is 0 Å². The molecule has 0 saturated carbocycles. The largest absolute Gasteiger partial charge is 0.492 e. The molecule has 2 aromatic rings. The smallest absolute Gasteiger partial charge is 0.162 e. The molecule has 128 valence electrons. The van der Waals surface area contributed by atoms with E-state index < -0.39 is 5.41 Å². The molecular formula is C20H21N3O2. The normalized spacial score (nSPS) is 26.0. The van der Waals surface area contributed by atoms with Crippen molar-refractivity contribution in [3.63, 3.8) is 0 Å². The molecule has 1 aromatic heterocycles. The Kier molecular flexibility index (Phi) is 2.68. The SMILES string of the molecule is Cc1[nH]nc2c1C1(COc3ccccc31)C1=C(CC(C)(C)CC1=O)N2. The van der Waals surface area contributed by atoms with Gasteiger partial charge in [-0.05, 0) is 24.8 Å². The number of carbonyl (C=O) groups is 1. The van der Waals surface area contributed by atoms with Gasteiger partial charge in [0, 0.05) is 34.5 Å². The van der Waals surface area contributed by atoms with E-state index in [2.05, 4.69) is 35.4 Å². The van der Waals surface area contributed by atoms with Crippen molar-refractivity contribution in [3.8, 4) is 5.75 Å². The van der Waals surface area contributed by atoms with Crippen LogP contribution < -0.4 is 10.1 Å². The molecule has 1 atom stereocenters. The first-order chi connectivity index (χ1) is 11.9. The number of aromatic nitrogens is 2. The Labute approximate surface area is 146 Å². The number of nitrogens with one attached hydrogen (secondary N) is 2. The van der Waals surface area contributed by atoms with E-state index in [1.807, 2.05) is 25.1 Å². The minimum Gasteiger partial charge on any atom is -0.492 e. The predicted octanol–water partition coefficient (Wildman–Crippen LogP) is 3.47. The number of H-pyrrole nitrogens is 1. The molecule has 5 nitrogen and oxygen atoms in total. The number of benzene rings is 1. The number of aryl methyl sites for hydroxylation is 1. The predicted molar refractivity (Wildman–Crippen MR) is 94.7 cm³/mol. The van der Waals surface area contributed by atoms with Crippen LogP contribution in [0.3, 0.4) is 0 Å². The molecule has 0 radical (unpaired) electrons. The van der Waals surface area contributed by atoms with Crippen LogP contribution in [0.25, 0.3) is 0 Å². The van der Waals surface area contributed by atoms with Crippen LogP contribution in [0.5, 0.6) is 5.75 Å². The molecule has 1 aliphatic carbocycles. The number of aromatic amines is 1. The molecule has 0 fully saturated rings. The fourth-order valence-corrected chi connectivity index (χ4v) is 4.86. The van der Waals surface area contributed by atoms with Crippen molar-refractivity contribution in [1.29, 1.82) is 0 Å². The highest BCUT2D eigenvalue weighted by atomic mass is 16.5. The summed E-state index contributed by atoms with van der Waals surface area (Å²) in [7, 11) is 0. The van der Waals surface area contributed by atoms with Gasteiger partial charge in [0.1, 0.15) is 12.4 Å². The number of rotatable bonds is 0. The number of nitrogens with zero attached hydrogens (tertiary/aromatic N) is 1. The Morgan fingerprint density at radius 1 is 1.20 bits per heavy atom. The molecule has 1 aromatic carbocycles. The minimum atomic E-state index is -0.558. The van der Waals surface area contributed by atoms with Gasteiger partial charge in [0.25, 0.3) is 0 Å². The fourth-order valence-electron chi connectivity index (χ4n) is 4.86. The first kappa shape index (κ1) is 14.8. The number of allylic oxidation sites excluding steroid dienone is 1. The van der Waals surface area contributed by atoms with E-state index in [4.69, 9.17) is 4.74 Å². The Morgan fingerprint density at radius 3 is 2.84 bits per heavy atom. The van der Waals surface area contributed by atoms with Crippen LogP contribution >= 0.6 is 0 Å². The van der Waals surface area contributed by atoms with E-state index in [0.717, 1.165) is 46.1 Å². The Balaban J connectivity index is 1.85. The van der Waals surface area contributed by atoms with Crippen molar-refractivity contribution < 1.29 is 9.53 Å². The third-order valence-electron chi connectivity index (χ3n) is 5.74. The molecule has 25 heavy (non-hydrogen) atoms. The minimum absolute atomic E-state index is 0.0497.